The van der Waals surface area contributed by atoms with Crippen molar-refractivity contribution in [2.45, 2.75) is 0 Å². The molecule has 0 aliphatic carbocycles. The van der Waals surface area contributed by atoms with Crippen molar-refractivity contribution >= 4 is 10.4 Å². The summed E-state index contributed by atoms with van der Waals surface area (Å²) < 4.78 is 34.1. The molecule has 0 saturated heterocycles. The summed E-state index contributed by atoms with van der Waals surface area (Å²) >= 11 is 0. The molecule has 0 aliphatic rings. The van der Waals surface area contributed by atoms with Gasteiger partial charge < -0.3 is 9.11 Å². The van der Waals surface area contributed by atoms with Gasteiger partial charge in [-0.15, -0.1) is 0 Å². The Bertz CT molecular complexity index is 94.9. The first kappa shape index (κ1) is 15.7. The largest absolute Gasteiger partial charge is 3.00 e. The van der Waals surface area contributed by atoms with Crippen molar-refractivity contribution in [3.05, 3.63) is 0 Å². The second-order valence-electron chi connectivity index (χ2n) is 0.408. The summed E-state index contributed by atoms with van der Waals surface area (Å²) in [5.41, 5.74) is 0. The molecule has 41 valence electrons. The van der Waals surface area contributed by atoms with Crippen LogP contribution in [0.4, 0.5) is 0 Å². The molecule has 0 rings (SSSR count). The normalized spacial score (nSPS) is 8.29. The molecule has 4 nitrogen and oxygen atoms in total. The number of hydrogen-bond acceptors (Lipinski definition) is 4. The van der Waals surface area contributed by atoms with Gasteiger partial charge in [-0.05, 0) is 0 Å². The van der Waals surface area contributed by atoms with Gasteiger partial charge in [-0.25, -0.2) is 0 Å². The Balaban J connectivity index is -0.0000000800. The second kappa shape index (κ2) is 5.07. The van der Waals surface area contributed by atoms with Crippen LogP contribution >= 0.6 is 0 Å². The first-order valence-corrected chi connectivity index (χ1v) is 2.00. The first-order valence-electron chi connectivity index (χ1n) is 0.667. The minimum atomic E-state index is -5.17. The van der Waals surface area contributed by atoms with E-state index in [-0.39, 0.29) is 34.4 Å². The van der Waals surface area contributed by atoms with Crippen molar-refractivity contribution in [3.63, 3.8) is 0 Å². The van der Waals surface area contributed by atoms with Gasteiger partial charge >= 0.3 is 34.4 Å². The van der Waals surface area contributed by atoms with Gasteiger partial charge in [-0.1, -0.05) is 0 Å². The summed E-state index contributed by atoms with van der Waals surface area (Å²) in [4.78, 5) is 0. The fourth-order valence-electron chi connectivity index (χ4n) is 0. The van der Waals surface area contributed by atoms with E-state index in [1.807, 2.05) is 0 Å². The van der Waals surface area contributed by atoms with Crippen LogP contribution < -0.4 is 0 Å². The summed E-state index contributed by atoms with van der Waals surface area (Å²) in [5, 5.41) is 0. The SMILES string of the molecule is O=S(=O)([O-])[O-].[Cr+3].[Fe+2]. The van der Waals surface area contributed by atoms with E-state index < -0.39 is 10.4 Å². The van der Waals surface area contributed by atoms with Gasteiger partial charge in [0.1, 0.15) is 0 Å². The van der Waals surface area contributed by atoms with E-state index in [0.29, 0.717) is 0 Å². The van der Waals surface area contributed by atoms with Crippen LogP contribution in [0.25, 0.3) is 0 Å². The zero-order valence-corrected chi connectivity index (χ0v) is 6.00. The molecule has 1 radical (unpaired) electrons. The van der Waals surface area contributed by atoms with E-state index in [2.05, 4.69) is 0 Å². The number of hydrogen-bond donors (Lipinski definition) is 0. The molecule has 7 heteroatoms. The average Bonchev–Trinajstić information content (AvgIpc) is 0.722. The fraction of sp³-hybridized carbons (Fsp3) is 0. The third kappa shape index (κ3) is 197. The third-order valence-corrected chi connectivity index (χ3v) is 0. The Hall–Kier alpha value is 0.922. The van der Waals surface area contributed by atoms with Crippen molar-refractivity contribution in [1.82, 2.24) is 0 Å². The average molecular weight is 204 g/mol. The fourth-order valence-corrected chi connectivity index (χ4v) is 0. The molecule has 0 amide bonds. The molecule has 7 heavy (non-hydrogen) atoms. The van der Waals surface area contributed by atoms with Crippen LogP contribution in [-0.4, -0.2) is 17.5 Å². The molecule has 0 bridgehead atoms. The van der Waals surface area contributed by atoms with E-state index in [4.69, 9.17) is 17.5 Å². The van der Waals surface area contributed by atoms with E-state index in [0.717, 1.165) is 0 Å². The Morgan fingerprint density at radius 2 is 1.14 bits per heavy atom. The van der Waals surface area contributed by atoms with Gasteiger partial charge in [-0.3, -0.25) is 8.42 Å². The first-order chi connectivity index (χ1) is 2.00. The van der Waals surface area contributed by atoms with Crippen LogP contribution in [0, 0.1) is 0 Å². The zero-order valence-electron chi connectivity index (χ0n) is 2.80. The van der Waals surface area contributed by atoms with Crippen LogP contribution in [-0.2, 0) is 44.8 Å². The Labute approximate surface area is 62.5 Å². The predicted octanol–water partition coefficient (Wildman–Crippen LogP) is -1.34. The zero-order chi connectivity index (χ0) is 4.50. The van der Waals surface area contributed by atoms with E-state index >= 15 is 0 Å². The van der Waals surface area contributed by atoms with Crippen LogP contribution in [0.5, 0.6) is 0 Å². The predicted molar refractivity (Wildman–Crippen MR) is 10.5 cm³/mol. The quantitative estimate of drug-likeness (QED) is 0.277. The molecule has 0 aromatic heterocycles. The maximum atomic E-state index is 8.52. The van der Waals surface area contributed by atoms with Gasteiger partial charge in [0, 0.05) is 10.4 Å². The van der Waals surface area contributed by atoms with Crippen molar-refractivity contribution in [1.29, 1.82) is 0 Å². The summed E-state index contributed by atoms with van der Waals surface area (Å²) in [6, 6.07) is 0. The Morgan fingerprint density at radius 3 is 1.14 bits per heavy atom. The molecule has 0 fully saturated rings. The minimum absolute atomic E-state index is 0. The maximum Gasteiger partial charge on any atom is 3.00 e. The molecular weight excluding hydrogens is 204 g/mol. The Kier molecular flexibility index (Phi) is 11.3. The second-order valence-corrected chi connectivity index (χ2v) is 1.22. The van der Waals surface area contributed by atoms with Gasteiger partial charge in [0.25, 0.3) is 0 Å². The van der Waals surface area contributed by atoms with Gasteiger partial charge in [0.2, 0.25) is 0 Å². The smallest absolute Gasteiger partial charge is 0.759 e. The van der Waals surface area contributed by atoms with Crippen molar-refractivity contribution in [2.75, 3.05) is 0 Å². The maximum absolute atomic E-state index is 8.52. The standard InChI is InChI=1S/Cr.Fe.H2O4S/c;;1-5(2,3)4/h;;(H2,1,2,3,4)/q+3;+2;/p-2. The van der Waals surface area contributed by atoms with Gasteiger partial charge in [0.05, 0.1) is 0 Å². The van der Waals surface area contributed by atoms with Gasteiger partial charge in [0.15, 0.2) is 0 Å². The number of rotatable bonds is 0. The molecular formula is CrFeO4S+3. The van der Waals surface area contributed by atoms with E-state index in [9.17, 15) is 0 Å². The summed E-state index contributed by atoms with van der Waals surface area (Å²) in [5.74, 6) is 0. The monoisotopic (exact) mass is 204 g/mol. The molecule has 0 aromatic rings. The molecule has 0 aromatic carbocycles. The van der Waals surface area contributed by atoms with Crippen LogP contribution in [0.1, 0.15) is 0 Å². The van der Waals surface area contributed by atoms with Gasteiger partial charge in [-0.2, -0.15) is 0 Å². The molecule has 0 spiro atoms. The van der Waals surface area contributed by atoms with Crippen LogP contribution in [0.15, 0.2) is 0 Å². The van der Waals surface area contributed by atoms with Crippen LogP contribution in [0.2, 0.25) is 0 Å². The van der Waals surface area contributed by atoms with Crippen molar-refractivity contribution in [3.8, 4) is 0 Å². The van der Waals surface area contributed by atoms with E-state index in [1.165, 1.54) is 0 Å². The topological polar surface area (TPSA) is 80.3 Å². The Morgan fingerprint density at radius 1 is 1.14 bits per heavy atom. The molecule has 0 saturated carbocycles. The van der Waals surface area contributed by atoms with E-state index in [1.54, 1.807) is 0 Å². The summed E-state index contributed by atoms with van der Waals surface area (Å²) in [7, 11) is -5.17. The third-order valence-electron chi connectivity index (χ3n) is 0. The summed E-state index contributed by atoms with van der Waals surface area (Å²) in [6.45, 7) is 0. The van der Waals surface area contributed by atoms with Crippen LogP contribution in [0.3, 0.4) is 0 Å². The van der Waals surface area contributed by atoms with Crippen molar-refractivity contribution in [2.24, 2.45) is 0 Å². The summed E-state index contributed by atoms with van der Waals surface area (Å²) in [6.07, 6.45) is 0. The molecule has 0 aliphatic heterocycles. The minimum Gasteiger partial charge on any atom is -0.759 e. The molecule has 0 heterocycles. The molecule has 0 unspecified atom stereocenters. The molecule has 0 atom stereocenters. The van der Waals surface area contributed by atoms with Crippen molar-refractivity contribution < 1.29 is 52.0 Å². The molecule has 0 N–H and O–H groups in total.